The summed E-state index contributed by atoms with van der Waals surface area (Å²) in [5.41, 5.74) is 5.03. The molecule has 1 fully saturated rings. The third-order valence-corrected chi connectivity index (χ3v) is 5.93. The van der Waals surface area contributed by atoms with Crippen molar-refractivity contribution in [2.45, 2.75) is 29.8 Å². The van der Waals surface area contributed by atoms with Gasteiger partial charge in [-0.2, -0.15) is 4.31 Å². The van der Waals surface area contributed by atoms with E-state index >= 15 is 0 Å². The van der Waals surface area contributed by atoms with Crippen molar-refractivity contribution < 1.29 is 28.0 Å². The number of sulfonamides is 1. The summed E-state index contributed by atoms with van der Waals surface area (Å²) < 4.78 is 26.5. The summed E-state index contributed by atoms with van der Waals surface area (Å²) in [6, 6.07) is 1.94. The van der Waals surface area contributed by atoms with Crippen molar-refractivity contribution in [3.63, 3.8) is 0 Å². The lowest BCUT2D eigenvalue weighted by molar-refractivity contribution is -0.384. The summed E-state index contributed by atoms with van der Waals surface area (Å²) in [7, 11) is -4.07. The van der Waals surface area contributed by atoms with E-state index in [4.69, 9.17) is 10.8 Å². The molecular formula is C14H18N4O7S. The van der Waals surface area contributed by atoms with Crippen LogP contribution in [0.1, 0.15) is 12.8 Å². The van der Waals surface area contributed by atoms with Crippen molar-refractivity contribution in [2.75, 3.05) is 13.1 Å². The maximum Gasteiger partial charge on any atom is 0.327 e. The quantitative estimate of drug-likeness (QED) is 0.406. The number of carboxylic acids is 1. The molecule has 11 nitrogen and oxygen atoms in total. The molecule has 1 aliphatic heterocycles. The van der Waals surface area contributed by atoms with Gasteiger partial charge in [0.05, 0.1) is 9.82 Å². The van der Waals surface area contributed by atoms with Gasteiger partial charge in [-0.05, 0) is 25.0 Å². The lowest BCUT2D eigenvalue weighted by atomic mass is 10.2. The first-order chi connectivity index (χ1) is 12.2. The van der Waals surface area contributed by atoms with Crippen molar-refractivity contribution in [3.8, 4) is 0 Å². The third kappa shape index (κ3) is 3.98. The number of hydrogen-bond donors (Lipinski definition) is 3. The van der Waals surface area contributed by atoms with E-state index in [1.807, 2.05) is 0 Å². The molecule has 142 valence electrons. The second kappa shape index (κ2) is 7.76. The van der Waals surface area contributed by atoms with Gasteiger partial charge < -0.3 is 16.2 Å². The normalized spacial score (nSPS) is 19.0. The van der Waals surface area contributed by atoms with Gasteiger partial charge in [-0.1, -0.05) is 0 Å². The average Bonchev–Trinajstić information content (AvgIpc) is 3.10. The summed E-state index contributed by atoms with van der Waals surface area (Å²) in [6.07, 6.45) is 0.652. The molecule has 0 saturated carbocycles. The fraction of sp³-hybridized carbons (Fsp3) is 0.429. The second-order valence-corrected chi connectivity index (χ2v) is 7.55. The Bertz CT molecular complexity index is 809. The van der Waals surface area contributed by atoms with Crippen LogP contribution in [-0.2, 0) is 19.6 Å². The van der Waals surface area contributed by atoms with E-state index in [0.29, 0.717) is 6.42 Å². The molecule has 1 amide bonds. The number of rotatable bonds is 7. The Labute approximate surface area is 149 Å². The van der Waals surface area contributed by atoms with E-state index in [1.54, 1.807) is 0 Å². The number of amides is 1. The molecule has 2 atom stereocenters. The minimum atomic E-state index is -4.07. The van der Waals surface area contributed by atoms with Gasteiger partial charge in [-0.25, -0.2) is 13.2 Å². The molecule has 0 bridgehead atoms. The predicted molar refractivity (Wildman–Crippen MR) is 88.6 cm³/mol. The largest absolute Gasteiger partial charge is 0.480 e. The number of nitrogens with one attached hydrogen (secondary N) is 1. The smallest absolute Gasteiger partial charge is 0.327 e. The number of carbonyl (C=O) groups is 2. The van der Waals surface area contributed by atoms with Crippen molar-refractivity contribution in [1.82, 2.24) is 9.62 Å². The fourth-order valence-corrected chi connectivity index (χ4v) is 4.31. The molecule has 1 heterocycles. The molecule has 1 aromatic rings. The number of non-ortho nitro benzene ring substituents is 1. The van der Waals surface area contributed by atoms with Gasteiger partial charge in [-0.3, -0.25) is 14.9 Å². The van der Waals surface area contributed by atoms with E-state index in [1.165, 1.54) is 0 Å². The molecule has 1 saturated heterocycles. The number of aliphatic carboxylic acids is 1. The highest BCUT2D eigenvalue weighted by molar-refractivity contribution is 7.89. The van der Waals surface area contributed by atoms with Crippen LogP contribution in [0.5, 0.6) is 0 Å². The van der Waals surface area contributed by atoms with Crippen LogP contribution in [0.4, 0.5) is 5.69 Å². The first kappa shape index (κ1) is 19.8. The van der Waals surface area contributed by atoms with Crippen LogP contribution < -0.4 is 11.1 Å². The molecule has 0 spiro atoms. The number of carbonyl (C=O) groups excluding carboxylic acids is 1. The van der Waals surface area contributed by atoms with Gasteiger partial charge in [0.15, 0.2) is 0 Å². The highest BCUT2D eigenvalue weighted by atomic mass is 32.2. The lowest BCUT2D eigenvalue weighted by Gasteiger charge is -2.24. The molecule has 0 radical (unpaired) electrons. The van der Waals surface area contributed by atoms with Crippen LogP contribution in [0.25, 0.3) is 0 Å². The van der Waals surface area contributed by atoms with Gasteiger partial charge in [0.2, 0.25) is 15.9 Å². The number of benzene rings is 1. The molecule has 0 aromatic heterocycles. The van der Waals surface area contributed by atoms with Crippen LogP contribution in [-0.4, -0.2) is 59.8 Å². The van der Waals surface area contributed by atoms with E-state index in [-0.39, 0.29) is 30.1 Å². The summed E-state index contributed by atoms with van der Waals surface area (Å²) >= 11 is 0. The third-order valence-electron chi connectivity index (χ3n) is 4.01. The zero-order chi connectivity index (χ0) is 19.5. The summed E-state index contributed by atoms with van der Waals surface area (Å²) in [6.45, 7) is -0.249. The minimum absolute atomic E-state index is 0.0811. The van der Waals surface area contributed by atoms with E-state index in [0.717, 1.165) is 28.6 Å². The zero-order valence-electron chi connectivity index (χ0n) is 13.6. The van der Waals surface area contributed by atoms with Crippen LogP contribution in [0.2, 0.25) is 0 Å². The molecule has 12 heteroatoms. The van der Waals surface area contributed by atoms with E-state index in [2.05, 4.69) is 5.32 Å². The maximum absolute atomic E-state index is 12.8. The van der Waals surface area contributed by atoms with Crippen LogP contribution in [0.3, 0.4) is 0 Å². The number of nitrogens with two attached hydrogens (primary N) is 1. The van der Waals surface area contributed by atoms with Crippen molar-refractivity contribution in [3.05, 3.63) is 34.4 Å². The molecule has 4 N–H and O–H groups in total. The van der Waals surface area contributed by atoms with Gasteiger partial charge in [0.1, 0.15) is 12.1 Å². The second-order valence-electron chi connectivity index (χ2n) is 5.66. The van der Waals surface area contributed by atoms with Gasteiger partial charge >= 0.3 is 5.97 Å². The monoisotopic (exact) mass is 386 g/mol. The fourth-order valence-electron chi connectivity index (χ4n) is 2.65. The Morgan fingerprint density at radius 3 is 2.50 bits per heavy atom. The highest BCUT2D eigenvalue weighted by Crippen LogP contribution is 2.27. The number of nitrogens with zero attached hydrogens (tertiary/aromatic N) is 2. The number of nitro groups is 1. The van der Waals surface area contributed by atoms with Gasteiger partial charge in [0.25, 0.3) is 5.69 Å². The van der Waals surface area contributed by atoms with Gasteiger partial charge in [0, 0.05) is 25.2 Å². The van der Waals surface area contributed by atoms with Crippen molar-refractivity contribution >= 4 is 27.6 Å². The lowest BCUT2D eigenvalue weighted by Crippen LogP contribution is -2.53. The number of carboxylic acid groups (broad SMARTS) is 1. The zero-order valence-corrected chi connectivity index (χ0v) is 14.4. The van der Waals surface area contributed by atoms with Crippen molar-refractivity contribution in [2.24, 2.45) is 5.73 Å². The first-order valence-corrected chi connectivity index (χ1v) is 9.12. The van der Waals surface area contributed by atoms with E-state index < -0.39 is 38.9 Å². The predicted octanol–water partition coefficient (Wildman–Crippen LogP) is -0.724. The Morgan fingerprint density at radius 1 is 1.38 bits per heavy atom. The van der Waals surface area contributed by atoms with E-state index in [9.17, 15) is 28.1 Å². The van der Waals surface area contributed by atoms with Crippen LogP contribution >= 0.6 is 0 Å². The molecule has 0 unspecified atom stereocenters. The Balaban J connectivity index is 2.23. The summed E-state index contributed by atoms with van der Waals surface area (Å²) in [4.78, 5) is 33.2. The van der Waals surface area contributed by atoms with Crippen LogP contribution in [0, 0.1) is 10.1 Å². The standard InChI is InChI=1S/C14H18N4O7S/c15-8-11(14(20)21)16-13(19)12-2-1-7-17(12)26(24,25)10-5-3-9(4-6-10)18(22)23/h3-6,11-12H,1-2,7-8,15H2,(H,16,19)(H,20,21)/t11-,12-/m0/s1. The number of hydrogen-bond acceptors (Lipinski definition) is 7. The topological polar surface area (TPSA) is 173 Å². The molecule has 0 aliphatic carbocycles. The minimum Gasteiger partial charge on any atom is -0.480 e. The molecular weight excluding hydrogens is 368 g/mol. The Hall–Kier alpha value is -2.57. The summed E-state index contributed by atoms with van der Waals surface area (Å²) in [5, 5.41) is 21.9. The first-order valence-electron chi connectivity index (χ1n) is 7.68. The molecule has 2 rings (SSSR count). The SMILES string of the molecule is NC[C@H](NC(=O)[C@@H]1CCCN1S(=O)(=O)c1ccc([N+](=O)[O-])cc1)C(=O)O. The van der Waals surface area contributed by atoms with Crippen molar-refractivity contribution in [1.29, 1.82) is 0 Å². The molecule has 26 heavy (non-hydrogen) atoms. The van der Waals surface area contributed by atoms with Crippen LogP contribution in [0.15, 0.2) is 29.2 Å². The highest BCUT2D eigenvalue weighted by Gasteiger charge is 2.40. The number of nitro benzene ring substituents is 1. The average molecular weight is 386 g/mol. The molecule has 1 aromatic carbocycles. The molecule has 1 aliphatic rings. The summed E-state index contributed by atoms with van der Waals surface area (Å²) in [5.74, 6) is -2.06. The Morgan fingerprint density at radius 2 is 2.00 bits per heavy atom. The van der Waals surface area contributed by atoms with Gasteiger partial charge in [-0.15, -0.1) is 0 Å². The Kier molecular flexibility index (Phi) is 5.90. The maximum atomic E-state index is 12.8.